The second kappa shape index (κ2) is 6.45. The van der Waals surface area contributed by atoms with Gasteiger partial charge in [0.1, 0.15) is 11.3 Å². The van der Waals surface area contributed by atoms with E-state index in [2.05, 4.69) is 15.3 Å². The largest absolute Gasteiger partial charge is 0.454 e. The molecule has 0 spiro atoms. The van der Waals surface area contributed by atoms with E-state index in [0.717, 1.165) is 11.0 Å². The molecule has 118 valence electrons. The number of amides is 1. The van der Waals surface area contributed by atoms with Gasteiger partial charge >= 0.3 is 0 Å². The number of hydrogen-bond acceptors (Lipinski definition) is 6. The van der Waals surface area contributed by atoms with Gasteiger partial charge in [-0.2, -0.15) is 0 Å². The van der Waals surface area contributed by atoms with Crippen molar-refractivity contribution >= 4 is 22.7 Å². The molecule has 0 saturated carbocycles. The van der Waals surface area contributed by atoms with E-state index in [1.54, 1.807) is 0 Å². The summed E-state index contributed by atoms with van der Waals surface area (Å²) in [6, 6.07) is 9.41. The van der Waals surface area contributed by atoms with E-state index in [1.165, 1.54) is 6.20 Å². The SMILES string of the molecule is Nc1ncc(-c2cc3ccccc3o2)nc1C(=O)NCCCO. The molecule has 23 heavy (non-hydrogen) atoms. The molecule has 0 atom stereocenters. The van der Waals surface area contributed by atoms with E-state index < -0.39 is 5.91 Å². The van der Waals surface area contributed by atoms with Crippen LogP contribution in [-0.4, -0.2) is 34.1 Å². The smallest absolute Gasteiger partial charge is 0.273 e. The number of aliphatic hydroxyl groups is 1. The summed E-state index contributed by atoms with van der Waals surface area (Å²) in [7, 11) is 0. The van der Waals surface area contributed by atoms with Crippen molar-refractivity contribution in [2.24, 2.45) is 0 Å². The average Bonchev–Trinajstić information content (AvgIpc) is 2.99. The molecule has 0 bridgehead atoms. The standard InChI is InChI=1S/C16H16N4O3/c17-15-14(16(22)18-6-3-7-21)20-11(9-19-15)13-8-10-4-1-2-5-12(10)23-13/h1-2,4-5,8-9,21H,3,6-7H2,(H2,17,19)(H,18,22). The highest BCUT2D eigenvalue weighted by Crippen LogP contribution is 2.26. The van der Waals surface area contributed by atoms with Crippen molar-refractivity contribution in [1.29, 1.82) is 0 Å². The van der Waals surface area contributed by atoms with E-state index in [-0.39, 0.29) is 18.1 Å². The summed E-state index contributed by atoms with van der Waals surface area (Å²) in [6.07, 6.45) is 1.93. The number of anilines is 1. The molecule has 0 saturated heterocycles. The Kier molecular flexibility index (Phi) is 4.20. The topological polar surface area (TPSA) is 114 Å². The van der Waals surface area contributed by atoms with E-state index >= 15 is 0 Å². The molecule has 0 fully saturated rings. The van der Waals surface area contributed by atoms with Crippen LogP contribution in [0, 0.1) is 0 Å². The normalized spacial score (nSPS) is 10.8. The molecule has 1 aromatic carbocycles. The third-order valence-corrected chi connectivity index (χ3v) is 3.31. The van der Waals surface area contributed by atoms with Crippen molar-refractivity contribution < 1.29 is 14.3 Å². The Hall–Kier alpha value is -2.93. The maximum Gasteiger partial charge on any atom is 0.273 e. The number of hydrogen-bond donors (Lipinski definition) is 3. The maximum atomic E-state index is 12.1. The quantitative estimate of drug-likeness (QED) is 0.616. The molecule has 7 heteroatoms. The number of furan rings is 1. The van der Waals surface area contributed by atoms with Crippen LogP contribution in [0.4, 0.5) is 5.82 Å². The third kappa shape index (κ3) is 3.14. The highest BCUT2D eigenvalue weighted by Gasteiger charge is 2.16. The summed E-state index contributed by atoms with van der Waals surface area (Å²) < 4.78 is 5.72. The summed E-state index contributed by atoms with van der Waals surface area (Å²) in [6.45, 7) is 0.339. The minimum Gasteiger partial charge on any atom is -0.454 e. The lowest BCUT2D eigenvalue weighted by molar-refractivity contribution is 0.0947. The minimum atomic E-state index is -0.429. The zero-order valence-corrected chi connectivity index (χ0v) is 12.3. The Morgan fingerprint density at radius 2 is 2.17 bits per heavy atom. The molecule has 0 unspecified atom stereocenters. The number of carbonyl (C=O) groups is 1. The number of carbonyl (C=O) groups excluding carboxylic acids is 1. The Bertz CT molecular complexity index is 811. The van der Waals surface area contributed by atoms with Crippen molar-refractivity contribution in [3.63, 3.8) is 0 Å². The molecule has 2 aromatic heterocycles. The van der Waals surface area contributed by atoms with E-state index in [1.807, 2.05) is 30.3 Å². The van der Waals surface area contributed by atoms with Gasteiger partial charge in [-0.3, -0.25) is 4.79 Å². The van der Waals surface area contributed by atoms with Crippen LogP contribution in [0.5, 0.6) is 0 Å². The zero-order chi connectivity index (χ0) is 16.2. The monoisotopic (exact) mass is 312 g/mol. The first-order valence-corrected chi connectivity index (χ1v) is 7.19. The van der Waals surface area contributed by atoms with Gasteiger partial charge in [0, 0.05) is 18.5 Å². The van der Waals surface area contributed by atoms with Crippen molar-refractivity contribution in [1.82, 2.24) is 15.3 Å². The maximum absolute atomic E-state index is 12.1. The second-order valence-corrected chi connectivity index (χ2v) is 4.97. The number of nitrogen functional groups attached to an aromatic ring is 1. The highest BCUT2D eigenvalue weighted by atomic mass is 16.3. The molecule has 0 aliphatic heterocycles. The van der Waals surface area contributed by atoms with Gasteiger partial charge in [-0.05, 0) is 18.6 Å². The van der Waals surface area contributed by atoms with Gasteiger partial charge in [0.2, 0.25) is 0 Å². The lowest BCUT2D eigenvalue weighted by atomic mass is 10.2. The van der Waals surface area contributed by atoms with Gasteiger partial charge in [0.25, 0.3) is 5.91 Å². The van der Waals surface area contributed by atoms with Crippen molar-refractivity contribution in [3.8, 4) is 11.5 Å². The van der Waals surface area contributed by atoms with Crippen LogP contribution < -0.4 is 11.1 Å². The molecule has 3 aromatic rings. The summed E-state index contributed by atoms with van der Waals surface area (Å²) in [4.78, 5) is 20.4. The summed E-state index contributed by atoms with van der Waals surface area (Å²) in [5, 5.41) is 12.3. The number of nitrogens with one attached hydrogen (secondary N) is 1. The van der Waals surface area contributed by atoms with Gasteiger partial charge in [0.15, 0.2) is 17.3 Å². The molecule has 0 radical (unpaired) electrons. The van der Waals surface area contributed by atoms with Crippen LogP contribution in [0.2, 0.25) is 0 Å². The first-order chi connectivity index (χ1) is 11.2. The predicted molar refractivity (Wildman–Crippen MR) is 85.7 cm³/mol. The first-order valence-electron chi connectivity index (χ1n) is 7.19. The Labute approximate surface area is 132 Å². The van der Waals surface area contributed by atoms with Gasteiger partial charge in [-0.1, -0.05) is 18.2 Å². The summed E-state index contributed by atoms with van der Waals surface area (Å²) in [5.41, 5.74) is 6.94. The molecule has 2 heterocycles. The number of benzene rings is 1. The third-order valence-electron chi connectivity index (χ3n) is 3.31. The first kappa shape index (κ1) is 15.0. The predicted octanol–water partition coefficient (Wildman–Crippen LogP) is 1.58. The number of para-hydroxylation sites is 1. The van der Waals surface area contributed by atoms with Gasteiger partial charge < -0.3 is 20.6 Å². The molecule has 4 N–H and O–H groups in total. The van der Waals surface area contributed by atoms with Crippen LogP contribution >= 0.6 is 0 Å². The van der Waals surface area contributed by atoms with Crippen molar-refractivity contribution in [2.75, 3.05) is 18.9 Å². The fraction of sp³-hybridized carbons (Fsp3) is 0.188. The summed E-state index contributed by atoms with van der Waals surface area (Å²) in [5.74, 6) is 0.135. The molecule has 0 aliphatic carbocycles. The van der Waals surface area contributed by atoms with Gasteiger partial charge in [0.05, 0.1) is 6.20 Å². The Morgan fingerprint density at radius 3 is 2.96 bits per heavy atom. The number of fused-ring (bicyclic) bond motifs is 1. The molecule has 3 rings (SSSR count). The minimum absolute atomic E-state index is 0.000461. The van der Waals surface area contributed by atoms with Crippen LogP contribution in [0.25, 0.3) is 22.4 Å². The fourth-order valence-corrected chi connectivity index (χ4v) is 2.16. The van der Waals surface area contributed by atoms with E-state index in [9.17, 15) is 4.79 Å². The zero-order valence-electron chi connectivity index (χ0n) is 12.3. The Balaban J connectivity index is 1.91. The average molecular weight is 312 g/mol. The van der Waals surface area contributed by atoms with E-state index in [0.29, 0.717) is 24.4 Å². The molecular formula is C16H16N4O3. The fourth-order valence-electron chi connectivity index (χ4n) is 2.16. The highest BCUT2D eigenvalue weighted by molar-refractivity contribution is 5.96. The van der Waals surface area contributed by atoms with Gasteiger partial charge in [-0.25, -0.2) is 9.97 Å². The number of nitrogens with zero attached hydrogens (tertiary/aromatic N) is 2. The number of aliphatic hydroxyl groups excluding tert-OH is 1. The number of aromatic nitrogens is 2. The summed E-state index contributed by atoms with van der Waals surface area (Å²) >= 11 is 0. The molecular weight excluding hydrogens is 296 g/mol. The van der Waals surface area contributed by atoms with Gasteiger partial charge in [-0.15, -0.1) is 0 Å². The Morgan fingerprint density at radius 1 is 1.35 bits per heavy atom. The van der Waals surface area contributed by atoms with Crippen LogP contribution in [0.15, 0.2) is 40.9 Å². The van der Waals surface area contributed by atoms with Crippen LogP contribution in [0.3, 0.4) is 0 Å². The van der Waals surface area contributed by atoms with Crippen LogP contribution in [0.1, 0.15) is 16.9 Å². The number of rotatable bonds is 5. The molecule has 7 nitrogen and oxygen atoms in total. The molecule has 1 amide bonds. The number of nitrogens with two attached hydrogens (primary N) is 1. The lowest BCUT2D eigenvalue weighted by Gasteiger charge is -2.06. The van der Waals surface area contributed by atoms with E-state index in [4.69, 9.17) is 15.3 Å². The molecule has 0 aliphatic rings. The second-order valence-electron chi connectivity index (χ2n) is 4.97. The van der Waals surface area contributed by atoms with Crippen molar-refractivity contribution in [2.45, 2.75) is 6.42 Å². The van der Waals surface area contributed by atoms with Crippen molar-refractivity contribution in [3.05, 3.63) is 42.2 Å². The van der Waals surface area contributed by atoms with Crippen LogP contribution in [-0.2, 0) is 0 Å². The lowest BCUT2D eigenvalue weighted by Crippen LogP contribution is -2.27.